The molecular weight excluding hydrogens is 242 g/mol. The molecule has 0 aliphatic carbocycles. The predicted octanol–water partition coefficient (Wildman–Crippen LogP) is 3.46. The maximum absolute atomic E-state index is 5.84. The molecule has 1 aromatic rings. The molecular formula is C15H23NOS. The maximum atomic E-state index is 5.84. The van der Waals surface area contributed by atoms with E-state index in [2.05, 4.69) is 49.1 Å². The van der Waals surface area contributed by atoms with E-state index < -0.39 is 0 Å². The molecule has 0 bridgehead atoms. The van der Waals surface area contributed by atoms with Gasteiger partial charge in [0.25, 0.3) is 0 Å². The summed E-state index contributed by atoms with van der Waals surface area (Å²) in [6, 6.07) is 9.00. The lowest BCUT2D eigenvalue weighted by Crippen LogP contribution is -2.33. The molecule has 1 N–H and O–H groups in total. The molecule has 1 unspecified atom stereocenters. The zero-order valence-corrected chi connectivity index (χ0v) is 12.1. The first-order chi connectivity index (χ1) is 8.75. The summed E-state index contributed by atoms with van der Waals surface area (Å²) in [4.78, 5) is 0. The van der Waals surface area contributed by atoms with Crippen molar-refractivity contribution in [3.8, 4) is 5.75 Å². The Bertz CT molecular complexity index is 361. The highest BCUT2D eigenvalue weighted by Gasteiger charge is 2.13. The molecule has 2 nitrogen and oxygen atoms in total. The third-order valence-corrected chi connectivity index (χ3v) is 4.29. The van der Waals surface area contributed by atoms with Crippen molar-refractivity contribution in [1.82, 2.24) is 5.32 Å². The van der Waals surface area contributed by atoms with E-state index in [1.54, 1.807) is 0 Å². The van der Waals surface area contributed by atoms with Crippen LogP contribution in [0.4, 0.5) is 0 Å². The molecule has 1 atom stereocenters. The van der Waals surface area contributed by atoms with Crippen LogP contribution in [0.25, 0.3) is 0 Å². The molecule has 1 saturated heterocycles. The molecule has 1 aliphatic rings. The number of thioether (sulfide) groups is 1. The highest BCUT2D eigenvalue weighted by Crippen LogP contribution is 2.21. The fourth-order valence-electron chi connectivity index (χ4n) is 2.17. The Morgan fingerprint density at radius 2 is 2.22 bits per heavy atom. The van der Waals surface area contributed by atoms with Crippen LogP contribution >= 0.6 is 11.8 Å². The van der Waals surface area contributed by atoms with Crippen LogP contribution in [0.2, 0.25) is 0 Å². The van der Waals surface area contributed by atoms with Crippen LogP contribution in [0.3, 0.4) is 0 Å². The van der Waals surface area contributed by atoms with Crippen molar-refractivity contribution in [3.05, 3.63) is 29.8 Å². The maximum Gasteiger partial charge on any atom is 0.124 e. The average Bonchev–Trinajstić information content (AvgIpc) is 2.38. The van der Waals surface area contributed by atoms with Crippen molar-refractivity contribution in [3.63, 3.8) is 0 Å². The van der Waals surface area contributed by atoms with Crippen LogP contribution in [0.1, 0.15) is 32.3 Å². The van der Waals surface area contributed by atoms with E-state index in [1.165, 1.54) is 29.9 Å². The molecule has 0 spiro atoms. The van der Waals surface area contributed by atoms with Gasteiger partial charge in [0.2, 0.25) is 0 Å². The Hall–Kier alpha value is -0.670. The van der Waals surface area contributed by atoms with Gasteiger partial charge in [0.1, 0.15) is 5.75 Å². The van der Waals surface area contributed by atoms with Gasteiger partial charge in [-0.05, 0) is 38.5 Å². The highest BCUT2D eigenvalue weighted by molar-refractivity contribution is 7.99. The minimum absolute atomic E-state index is 0.233. The second-order valence-electron chi connectivity index (χ2n) is 5.07. The van der Waals surface area contributed by atoms with Gasteiger partial charge >= 0.3 is 0 Å². The van der Waals surface area contributed by atoms with Crippen LogP contribution in [-0.4, -0.2) is 23.7 Å². The van der Waals surface area contributed by atoms with Crippen molar-refractivity contribution in [2.75, 3.05) is 11.5 Å². The van der Waals surface area contributed by atoms with Crippen molar-refractivity contribution < 1.29 is 4.74 Å². The molecule has 1 fully saturated rings. The van der Waals surface area contributed by atoms with E-state index in [1.807, 2.05) is 6.07 Å². The summed E-state index contributed by atoms with van der Waals surface area (Å²) in [5, 5.41) is 3.65. The Balaban J connectivity index is 1.91. The van der Waals surface area contributed by atoms with E-state index in [4.69, 9.17) is 4.74 Å². The van der Waals surface area contributed by atoms with Gasteiger partial charge in [0, 0.05) is 23.9 Å². The van der Waals surface area contributed by atoms with Crippen LogP contribution in [-0.2, 0) is 6.54 Å². The fourth-order valence-corrected chi connectivity index (χ4v) is 3.28. The van der Waals surface area contributed by atoms with Gasteiger partial charge in [-0.3, -0.25) is 0 Å². The molecule has 0 amide bonds. The smallest absolute Gasteiger partial charge is 0.124 e. The van der Waals surface area contributed by atoms with E-state index in [0.29, 0.717) is 6.04 Å². The highest BCUT2D eigenvalue weighted by atomic mass is 32.2. The second-order valence-corrected chi connectivity index (χ2v) is 6.22. The summed E-state index contributed by atoms with van der Waals surface area (Å²) in [5.74, 6) is 3.58. The van der Waals surface area contributed by atoms with E-state index in [-0.39, 0.29) is 6.10 Å². The molecule has 1 aliphatic heterocycles. The number of hydrogen-bond donors (Lipinski definition) is 1. The lowest BCUT2D eigenvalue weighted by atomic mass is 10.1. The quantitative estimate of drug-likeness (QED) is 0.881. The lowest BCUT2D eigenvalue weighted by molar-refractivity contribution is 0.239. The van der Waals surface area contributed by atoms with Crippen molar-refractivity contribution in [2.45, 2.75) is 45.4 Å². The van der Waals surface area contributed by atoms with Crippen molar-refractivity contribution in [2.24, 2.45) is 0 Å². The zero-order valence-electron chi connectivity index (χ0n) is 11.3. The number of rotatable bonds is 5. The monoisotopic (exact) mass is 265 g/mol. The van der Waals surface area contributed by atoms with Crippen molar-refractivity contribution >= 4 is 11.8 Å². The molecule has 100 valence electrons. The van der Waals surface area contributed by atoms with Gasteiger partial charge in [-0.2, -0.15) is 11.8 Å². The van der Waals surface area contributed by atoms with Gasteiger partial charge in [-0.25, -0.2) is 0 Å². The number of para-hydroxylation sites is 1. The topological polar surface area (TPSA) is 21.3 Å². The SMILES string of the molecule is CC(C)Oc1ccccc1CNC1CCCSC1. The van der Waals surface area contributed by atoms with E-state index in [9.17, 15) is 0 Å². The first-order valence-electron chi connectivity index (χ1n) is 6.81. The normalized spacial score (nSPS) is 20.1. The summed E-state index contributed by atoms with van der Waals surface area (Å²) in [6.07, 6.45) is 2.88. The Morgan fingerprint density at radius 1 is 1.39 bits per heavy atom. The van der Waals surface area contributed by atoms with E-state index >= 15 is 0 Å². The molecule has 3 heteroatoms. The zero-order chi connectivity index (χ0) is 12.8. The van der Waals surface area contributed by atoms with Crippen LogP contribution in [0, 0.1) is 0 Å². The lowest BCUT2D eigenvalue weighted by Gasteiger charge is -2.23. The predicted molar refractivity (Wildman–Crippen MR) is 79.4 cm³/mol. The minimum atomic E-state index is 0.233. The van der Waals surface area contributed by atoms with Gasteiger partial charge in [0.05, 0.1) is 6.10 Å². The van der Waals surface area contributed by atoms with Crippen LogP contribution < -0.4 is 10.1 Å². The first-order valence-corrected chi connectivity index (χ1v) is 7.97. The average molecular weight is 265 g/mol. The minimum Gasteiger partial charge on any atom is -0.491 e. The van der Waals surface area contributed by atoms with Gasteiger partial charge in [-0.15, -0.1) is 0 Å². The summed E-state index contributed by atoms with van der Waals surface area (Å²) in [5.41, 5.74) is 1.27. The van der Waals surface area contributed by atoms with Gasteiger partial charge in [-0.1, -0.05) is 18.2 Å². The number of benzene rings is 1. The van der Waals surface area contributed by atoms with Crippen molar-refractivity contribution in [1.29, 1.82) is 0 Å². The molecule has 1 heterocycles. The summed E-state index contributed by atoms with van der Waals surface area (Å²) < 4.78 is 5.84. The van der Waals surface area contributed by atoms with Crippen LogP contribution in [0.15, 0.2) is 24.3 Å². The largest absolute Gasteiger partial charge is 0.491 e. The Kier molecular flexibility index (Phi) is 5.39. The number of hydrogen-bond acceptors (Lipinski definition) is 3. The second kappa shape index (κ2) is 7.05. The molecule has 0 radical (unpaired) electrons. The molecule has 18 heavy (non-hydrogen) atoms. The van der Waals surface area contributed by atoms with Gasteiger partial charge in [0.15, 0.2) is 0 Å². The third-order valence-electron chi connectivity index (χ3n) is 3.08. The molecule has 1 aromatic carbocycles. The Morgan fingerprint density at radius 3 is 2.94 bits per heavy atom. The van der Waals surface area contributed by atoms with Gasteiger partial charge < -0.3 is 10.1 Å². The number of ether oxygens (including phenoxy) is 1. The molecule has 2 rings (SSSR count). The summed E-state index contributed by atoms with van der Waals surface area (Å²) in [7, 11) is 0. The Labute approximate surface area is 114 Å². The van der Waals surface area contributed by atoms with Crippen LogP contribution in [0.5, 0.6) is 5.75 Å². The molecule has 0 saturated carbocycles. The summed E-state index contributed by atoms with van der Waals surface area (Å²) in [6.45, 7) is 5.05. The summed E-state index contributed by atoms with van der Waals surface area (Å²) >= 11 is 2.06. The van der Waals surface area contributed by atoms with E-state index in [0.717, 1.165) is 12.3 Å². The fraction of sp³-hybridized carbons (Fsp3) is 0.600. The first kappa shape index (κ1) is 13.8. The standard InChI is InChI=1S/C15H23NOS/c1-12(2)17-15-8-4-3-6-13(15)10-16-14-7-5-9-18-11-14/h3-4,6,8,12,14,16H,5,7,9-11H2,1-2H3. The number of nitrogens with one attached hydrogen (secondary N) is 1. The third kappa shape index (κ3) is 4.21. The molecule has 0 aromatic heterocycles.